The number of aryl methyl sites for hydroxylation is 1. The van der Waals surface area contributed by atoms with Gasteiger partial charge in [0.25, 0.3) is 0 Å². The first kappa shape index (κ1) is 23.9. The van der Waals surface area contributed by atoms with Crippen molar-refractivity contribution in [2.24, 2.45) is 11.7 Å². The Bertz CT molecular complexity index is 868. The van der Waals surface area contributed by atoms with Gasteiger partial charge in [-0.1, -0.05) is 38.1 Å². The number of nitrogens with one attached hydrogen (secondary N) is 1. The zero-order valence-electron chi connectivity index (χ0n) is 17.4. The Morgan fingerprint density at radius 3 is 2.57 bits per heavy atom. The number of oxazole rings is 1. The Morgan fingerprint density at radius 2 is 2.00 bits per heavy atom. The number of halogens is 1. The fourth-order valence-electron chi connectivity index (χ4n) is 3.44. The molecule has 3 rings (SSSR count). The van der Waals surface area contributed by atoms with Crippen LogP contribution < -0.4 is 11.1 Å². The van der Waals surface area contributed by atoms with E-state index in [1.165, 1.54) is 11.3 Å². The van der Waals surface area contributed by atoms with E-state index in [4.69, 9.17) is 10.2 Å². The van der Waals surface area contributed by atoms with E-state index in [0.29, 0.717) is 6.54 Å². The van der Waals surface area contributed by atoms with Crippen LogP contribution in [0, 0.1) is 12.8 Å². The first-order chi connectivity index (χ1) is 13.8. The molecular formula is C21H29ClN4O4. The first-order valence-corrected chi connectivity index (χ1v) is 9.79. The molecule has 2 amide bonds. The number of amides is 2. The molecular weight excluding hydrogens is 408 g/mol. The summed E-state index contributed by atoms with van der Waals surface area (Å²) in [6.07, 6.45) is 0.901. The highest BCUT2D eigenvalue weighted by molar-refractivity contribution is 5.90. The van der Waals surface area contributed by atoms with E-state index < -0.39 is 18.2 Å². The average Bonchev–Trinajstić information content (AvgIpc) is 3.30. The van der Waals surface area contributed by atoms with Crippen molar-refractivity contribution >= 4 is 24.2 Å². The van der Waals surface area contributed by atoms with Crippen LogP contribution in [0.15, 0.2) is 35.1 Å². The number of nitrogens with zero attached hydrogens (tertiary/aromatic N) is 2. The number of carbonyl (C=O) groups is 2. The van der Waals surface area contributed by atoms with Gasteiger partial charge in [-0.15, -0.1) is 12.4 Å². The van der Waals surface area contributed by atoms with Gasteiger partial charge in [-0.2, -0.15) is 0 Å². The predicted octanol–water partition coefficient (Wildman–Crippen LogP) is 1.63. The lowest BCUT2D eigenvalue weighted by atomic mass is 10.0. The number of aliphatic hydroxyl groups is 1. The van der Waals surface area contributed by atoms with Gasteiger partial charge in [0.2, 0.25) is 11.8 Å². The van der Waals surface area contributed by atoms with E-state index in [1.54, 1.807) is 0 Å². The molecule has 9 heteroatoms. The molecule has 164 valence electrons. The van der Waals surface area contributed by atoms with E-state index in [0.717, 1.165) is 22.6 Å². The summed E-state index contributed by atoms with van der Waals surface area (Å²) in [5.74, 6) is 0.0798. The van der Waals surface area contributed by atoms with Crippen LogP contribution in [-0.2, 0) is 16.1 Å². The molecule has 1 aliphatic rings. The van der Waals surface area contributed by atoms with Gasteiger partial charge in [0, 0.05) is 25.1 Å². The van der Waals surface area contributed by atoms with Crippen molar-refractivity contribution in [3.63, 3.8) is 0 Å². The summed E-state index contributed by atoms with van der Waals surface area (Å²) in [5, 5.41) is 12.8. The molecule has 0 radical (unpaired) electrons. The van der Waals surface area contributed by atoms with Crippen molar-refractivity contribution in [2.75, 3.05) is 6.54 Å². The molecule has 1 fully saturated rings. The number of hydrogen-bond donors (Lipinski definition) is 3. The summed E-state index contributed by atoms with van der Waals surface area (Å²) in [4.78, 5) is 30.8. The van der Waals surface area contributed by atoms with E-state index in [1.807, 2.05) is 45.0 Å². The summed E-state index contributed by atoms with van der Waals surface area (Å²) in [5.41, 5.74) is 8.60. The van der Waals surface area contributed by atoms with E-state index in [-0.39, 0.29) is 43.1 Å². The third-order valence-electron chi connectivity index (χ3n) is 5.30. The van der Waals surface area contributed by atoms with Crippen LogP contribution in [0.1, 0.15) is 31.5 Å². The summed E-state index contributed by atoms with van der Waals surface area (Å²) in [6, 6.07) is 6.22. The van der Waals surface area contributed by atoms with Crippen LogP contribution >= 0.6 is 12.4 Å². The number of aliphatic hydroxyl groups excluding tert-OH is 1. The highest BCUT2D eigenvalue weighted by Gasteiger charge is 2.40. The molecule has 3 atom stereocenters. The Labute approximate surface area is 182 Å². The van der Waals surface area contributed by atoms with Gasteiger partial charge >= 0.3 is 0 Å². The summed E-state index contributed by atoms with van der Waals surface area (Å²) in [6.45, 7) is 6.03. The van der Waals surface area contributed by atoms with Gasteiger partial charge in [0.05, 0.1) is 17.8 Å². The minimum atomic E-state index is -0.724. The number of likely N-dealkylation sites (tertiary alicyclic amines) is 1. The topological polar surface area (TPSA) is 122 Å². The Morgan fingerprint density at radius 1 is 1.33 bits per heavy atom. The van der Waals surface area contributed by atoms with Crippen LogP contribution in [-0.4, -0.2) is 51.5 Å². The van der Waals surface area contributed by atoms with Gasteiger partial charge in [-0.25, -0.2) is 4.98 Å². The Kier molecular flexibility index (Phi) is 8.00. The molecule has 0 bridgehead atoms. The molecule has 4 N–H and O–H groups in total. The molecule has 1 aromatic carbocycles. The number of rotatable bonds is 6. The van der Waals surface area contributed by atoms with E-state index >= 15 is 0 Å². The number of β-amino-alcohol motifs (C(OH)–C–C–N with tert-alkyl or cyclic N) is 1. The minimum absolute atomic E-state index is 0. The highest BCUT2D eigenvalue weighted by Crippen LogP contribution is 2.23. The van der Waals surface area contributed by atoms with Crippen molar-refractivity contribution < 1.29 is 19.1 Å². The summed E-state index contributed by atoms with van der Waals surface area (Å²) < 4.78 is 5.38. The Balaban J connectivity index is 0.00000320. The normalized spacial score (nSPS) is 19.5. The Hall–Kier alpha value is -2.42. The van der Waals surface area contributed by atoms with Crippen molar-refractivity contribution in [3.05, 3.63) is 41.9 Å². The molecule has 1 aromatic heterocycles. The lowest BCUT2D eigenvalue weighted by Crippen LogP contribution is -2.52. The lowest BCUT2D eigenvalue weighted by Gasteiger charge is -2.27. The second-order valence-corrected chi connectivity index (χ2v) is 7.85. The minimum Gasteiger partial charge on any atom is -0.443 e. The number of aromatic nitrogens is 1. The fraction of sp³-hybridized carbons (Fsp3) is 0.476. The summed E-state index contributed by atoms with van der Waals surface area (Å²) in [7, 11) is 0. The second kappa shape index (κ2) is 10.1. The quantitative estimate of drug-likeness (QED) is 0.632. The second-order valence-electron chi connectivity index (χ2n) is 7.85. The zero-order valence-corrected chi connectivity index (χ0v) is 18.2. The van der Waals surface area contributed by atoms with E-state index in [2.05, 4.69) is 10.3 Å². The zero-order chi connectivity index (χ0) is 21.1. The molecule has 0 saturated carbocycles. The van der Waals surface area contributed by atoms with Gasteiger partial charge in [-0.3, -0.25) is 9.59 Å². The third-order valence-corrected chi connectivity index (χ3v) is 5.30. The third kappa shape index (κ3) is 5.19. The molecule has 1 aliphatic heterocycles. The number of hydrogen-bond acceptors (Lipinski definition) is 6. The summed E-state index contributed by atoms with van der Waals surface area (Å²) >= 11 is 0. The molecule has 30 heavy (non-hydrogen) atoms. The SMILES string of the molecule is Cc1ncoc1-c1ccc(CNC(=O)[C@@H]2C[C@@H](O)CN2C(=O)C(N)C(C)C)cc1.Cl. The fourth-order valence-corrected chi connectivity index (χ4v) is 3.44. The number of nitrogens with two attached hydrogens (primary N) is 1. The monoisotopic (exact) mass is 436 g/mol. The van der Waals surface area contributed by atoms with Crippen molar-refractivity contribution in [2.45, 2.75) is 51.9 Å². The van der Waals surface area contributed by atoms with Gasteiger partial charge in [0.1, 0.15) is 6.04 Å². The maximum Gasteiger partial charge on any atom is 0.243 e. The van der Waals surface area contributed by atoms with Crippen molar-refractivity contribution in [3.8, 4) is 11.3 Å². The van der Waals surface area contributed by atoms with Crippen molar-refractivity contribution in [1.82, 2.24) is 15.2 Å². The largest absolute Gasteiger partial charge is 0.443 e. The van der Waals surface area contributed by atoms with Crippen LogP contribution in [0.3, 0.4) is 0 Å². The molecule has 8 nitrogen and oxygen atoms in total. The molecule has 0 aliphatic carbocycles. The van der Waals surface area contributed by atoms with Crippen LogP contribution in [0.25, 0.3) is 11.3 Å². The van der Waals surface area contributed by atoms with Gasteiger partial charge < -0.3 is 25.5 Å². The molecule has 0 spiro atoms. The predicted molar refractivity (Wildman–Crippen MR) is 115 cm³/mol. The smallest absolute Gasteiger partial charge is 0.243 e. The van der Waals surface area contributed by atoms with Crippen molar-refractivity contribution in [1.29, 1.82) is 0 Å². The number of carbonyl (C=O) groups excluding carboxylic acids is 2. The maximum absolute atomic E-state index is 12.7. The lowest BCUT2D eigenvalue weighted by molar-refractivity contribution is -0.140. The standard InChI is InChI=1S/C21H28N4O4.ClH/c1-12(2)18(22)21(28)25-10-16(26)8-17(25)20(27)23-9-14-4-6-15(7-5-14)19-13(3)24-11-29-19;/h4-7,11-12,16-18,26H,8-10,22H2,1-3H3,(H,23,27);1H/t16-,17+,18?;/m1./s1. The average molecular weight is 437 g/mol. The van der Waals surface area contributed by atoms with E-state index in [9.17, 15) is 14.7 Å². The maximum atomic E-state index is 12.7. The first-order valence-electron chi connectivity index (χ1n) is 9.79. The highest BCUT2D eigenvalue weighted by atomic mass is 35.5. The molecule has 2 heterocycles. The molecule has 1 saturated heterocycles. The van der Waals surface area contributed by atoms with Crippen LogP contribution in [0.5, 0.6) is 0 Å². The molecule has 2 aromatic rings. The van der Waals surface area contributed by atoms with Gasteiger partial charge in [0.15, 0.2) is 12.2 Å². The number of benzene rings is 1. The van der Waals surface area contributed by atoms with Crippen LogP contribution in [0.2, 0.25) is 0 Å². The molecule has 1 unspecified atom stereocenters. The van der Waals surface area contributed by atoms with Gasteiger partial charge in [-0.05, 0) is 18.4 Å². The van der Waals surface area contributed by atoms with Crippen LogP contribution in [0.4, 0.5) is 0 Å².